The second-order valence-corrected chi connectivity index (χ2v) is 5.54. The number of phenols is 1. The Morgan fingerprint density at radius 2 is 1.92 bits per heavy atom. The van der Waals surface area contributed by atoms with Crippen molar-refractivity contribution in [2.75, 3.05) is 13.1 Å². The zero-order valence-corrected chi connectivity index (χ0v) is 13.7. The Morgan fingerprint density at radius 3 is 2.58 bits per heavy atom. The minimum atomic E-state index is -1.12. The molecule has 24 heavy (non-hydrogen) atoms. The van der Waals surface area contributed by atoms with Crippen LogP contribution >= 0.6 is 0 Å². The van der Waals surface area contributed by atoms with Crippen LogP contribution in [0.1, 0.15) is 34.8 Å². The van der Waals surface area contributed by atoms with Gasteiger partial charge < -0.3 is 10.2 Å². The highest BCUT2D eigenvalue weighted by molar-refractivity contribution is 5.90. The molecule has 0 aromatic heterocycles. The van der Waals surface area contributed by atoms with E-state index in [2.05, 4.69) is 23.7 Å². The van der Waals surface area contributed by atoms with Crippen molar-refractivity contribution in [3.8, 4) is 17.6 Å². The Kier molecular flexibility index (Phi) is 6.41. The molecule has 0 bridgehead atoms. The van der Waals surface area contributed by atoms with Crippen molar-refractivity contribution in [1.29, 1.82) is 0 Å². The van der Waals surface area contributed by atoms with E-state index in [9.17, 15) is 9.90 Å². The van der Waals surface area contributed by atoms with Crippen molar-refractivity contribution in [3.63, 3.8) is 0 Å². The molecule has 0 heterocycles. The molecule has 0 radical (unpaired) electrons. The van der Waals surface area contributed by atoms with Crippen molar-refractivity contribution >= 4 is 5.97 Å². The van der Waals surface area contributed by atoms with Crippen LogP contribution in [0, 0.1) is 11.8 Å². The van der Waals surface area contributed by atoms with Gasteiger partial charge in [0.25, 0.3) is 0 Å². The van der Waals surface area contributed by atoms with Crippen LogP contribution in [0.15, 0.2) is 48.5 Å². The molecule has 2 rings (SSSR count). The van der Waals surface area contributed by atoms with E-state index < -0.39 is 5.97 Å². The van der Waals surface area contributed by atoms with Gasteiger partial charge in [-0.15, -0.1) is 0 Å². The van der Waals surface area contributed by atoms with Gasteiger partial charge in [0.1, 0.15) is 11.3 Å². The van der Waals surface area contributed by atoms with Crippen molar-refractivity contribution < 1.29 is 15.0 Å². The van der Waals surface area contributed by atoms with Crippen molar-refractivity contribution in [2.24, 2.45) is 0 Å². The molecule has 0 saturated heterocycles. The first-order valence-corrected chi connectivity index (χ1v) is 7.91. The molecule has 0 aliphatic carbocycles. The summed E-state index contributed by atoms with van der Waals surface area (Å²) in [6.45, 7) is 4.16. The Hall–Kier alpha value is -2.77. The van der Waals surface area contributed by atoms with Crippen LogP contribution in [-0.4, -0.2) is 34.2 Å². The number of aromatic carboxylic acids is 1. The quantitative estimate of drug-likeness (QED) is 0.800. The maximum absolute atomic E-state index is 11.1. The predicted octanol–water partition coefficient (Wildman–Crippen LogP) is 3.35. The maximum Gasteiger partial charge on any atom is 0.339 e. The molecule has 4 heteroatoms. The van der Waals surface area contributed by atoms with Gasteiger partial charge in [-0.2, -0.15) is 0 Å². The Balaban J connectivity index is 2.07. The van der Waals surface area contributed by atoms with E-state index >= 15 is 0 Å². The lowest BCUT2D eigenvalue weighted by atomic mass is 10.1. The number of benzene rings is 2. The minimum absolute atomic E-state index is 0.0701. The number of rotatable bonds is 6. The van der Waals surface area contributed by atoms with Gasteiger partial charge >= 0.3 is 5.97 Å². The van der Waals surface area contributed by atoms with E-state index in [1.54, 1.807) is 6.07 Å². The highest BCUT2D eigenvalue weighted by atomic mass is 16.4. The van der Waals surface area contributed by atoms with Crippen molar-refractivity contribution in [3.05, 3.63) is 65.2 Å². The third kappa shape index (κ3) is 5.15. The zero-order chi connectivity index (χ0) is 17.4. The molecule has 124 valence electrons. The summed E-state index contributed by atoms with van der Waals surface area (Å²) in [6, 6.07) is 14.5. The van der Waals surface area contributed by atoms with E-state index in [1.807, 2.05) is 30.3 Å². The SMILES string of the molecule is CCCN(CC#Cc1ccccc1)Cc1ccc(O)c(C(=O)O)c1. The molecule has 2 aromatic carbocycles. The highest BCUT2D eigenvalue weighted by Gasteiger charge is 2.11. The van der Waals surface area contributed by atoms with Gasteiger partial charge in [-0.1, -0.05) is 43.0 Å². The van der Waals surface area contributed by atoms with Gasteiger partial charge in [-0.3, -0.25) is 4.90 Å². The summed E-state index contributed by atoms with van der Waals surface area (Å²) >= 11 is 0. The number of carboxylic acids is 1. The van der Waals surface area contributed by atoms with E-state index in [0.29, 0.717) is 13.1 Å². The van der Waals surface area contributed by atoms with E-state index in [-0.39, 0.29) is 11.3 Å². The number of carboxylic acid groups (broad SMARTS) is 1. The fraction of sp³-hybridized carbons (Fsp3) is 0.250. The smallest absolute Gasteiger partial charge is 0.339 e. The van der Waals surface area contributed by atoms with Gasteiger partial charge in [0.15, 0.2) is 0 Å². The number of hydrogen-bond donors (Lipinski definition) is 2. The Morgan fingerprint density at radius 1 is 1.17 bits per heavy atom. The van der Waals surface area contributed by atoms with E-state index in [4.69, 9.17) is 5.11 Å². The average molecular weight is 323 g/mol. The Labute approximate surface area is 142 Å². The molecule has 0 unspecified atom stereocenters. The van der Waals surface area contributed by atoms with Gasteiger partial charge in [0, 0.05) is 12.1 Å². The summed E-state index contributed by atoms with van der Waals surface area (Å²) < 4.78 is 0. The van der Waals surface area contributed by atoms with E-state index in [0.717, 1.165) is 24.1 Å². The lowest BCUT2D eigenvalue weighted by Gasteiger charge is -2.19. The fourth-order valence-corrected chi connectivity index (χ4v) is 2.42. The summed E-state index contributed by atoms with van der Waals surface area (Å²) in [6.07, 6.45) is 0.983. The average Bonchev–Trinajstić information content (AvgIpc) is 2.57. The number of carbonyl (C=O) groups is 1. The zero-order valence-electron chi connectivity index (χ0n) is 13.7. The third-order valence-corrected chi connectivity index (χ3v) is 3.55. The summed E-state index contributed by atoms with van der Waals surface area (Å²) in [7, 11) is 0. The highest BCUT2D eigenvalue weighted by Crippen LogP contribution is 2.19. The minimum Gasteiger partial charge on any atom is -0.507 e. The Bertz CT molecular complexity index is 744. The molecule has 0 fully saturated rings. The first-order valence-electron chi connectivity index (χ1n) is 7.91. The summed E-state index contributed by atoms with van der Waals surface area (Å²) in [5.41, 5.74) is 1.76. The molecule has 4 nitrogen and oxygen atoms in total. The lowest BCUT2D eigenvalue weighted by Crippen LogP contribution is -2.24. The van der Waals surface area contributed by atoms with Crippen molar-refractivity contribution in [1.82, 2.24) is 4.90 Å². The van der Waals surface area contributed by atoms with Crippen LogP contribution in [-0.2, 0) is 6.54 Å². The van der Waals surface area contributed by atoms with Gasteiger partial charge in [-0.05, 0) is 42.8 Å². The third-order valence-electron chi connectivity index (χ3n) is 3.55. The second-order valence-electron chi connectivity index (χ2n) is 5.54. The predicted molar refractivity (Wildman–Crippen MR) is 94.0 cm³/mol. The second kappa shape index (κ2) is 8.76. The first-order chi connectivity index (χ1) is 11.6. The van der Waals surface area contributed by atoms with Crippen LogP contribution in [0.25, 0.3) is 0 Å². The standard InChI is InChI=1S/C20H21NO3/c1-2-12-21(13-6-9-16-7-4-3-5-8-16)15-17-10-11-19(22)18(14-17)20(23)24/h3-5,7-8,10-11,14,22H,2,12-13,15H2,1H3,(H,23,24). The molecule has 2 aromatic rings. The molecule has 2 N–H and O–H groups in total. The van der Waals surface area contributed by atoms with Crippen LogP contribution < -0.4 is 0 Å². The molecular weight excluding hydrogens is 302 g/mol. The van der Waals surface area contributed by atoms with Crippen LogP contribution in [0.4, 0.5) is 0 Å². The van der Waals surface area contributed by atoms with Crippen molar-refractivity contribution in [2.45, 2.75) is 19.9 Å². The van der Waals surface area contributed by atoms with E-state index in [1.165, 1.54) is 12.1 Å². The van der Waals surface area contributed by atoms with Gasteiger partial charge in [-0.25, -0.2) is 4.79 Å². The first kappa shape index (κ1) is 17.6. The topological polar surface area (TPSA) is 60.8 Å². The monoisotopic (exact) mass is 323 g/mol. The molecule has 0 spiro atoms. The van der Waals surface area contributed by atoms with Crippen LogP contribution in [0.3, 0.4) is 0 Å². The number of nitrogens with zero attached hydrogens (tertiary/aromatic N) is 1. The summed E-state index contributed by atoms with van der Waals surface area (Å²) in [5, 5.41) is 18.7. The molecule has 0 aliphatic rings. The molecule has 0 amide bonds. The largest absolute Gasteiger partial charge is 0.507 e. The fourth-order valence-electron chi connectivity index (χ4n) is 2.42. The summed E-state index contributed by atoms with van der Waals surface area (Å²) in [5.74, 6) is 4.96. The summed E-state index contributed by atoms with van der Waals surface area (Å²) in [4.78, 5) is 13.3. The molecule has 0 aliphatic heterocycles. The van der Waals surface area contributed by atoms with Crippen LogP contribution in [0.2, 0.25) is 0 Å². The maximum atomic E-state index is 11.1. The normalized spacial score (nSPS) is 10.2. The number of aromatic hydroxyl groups is 1. The van der Waals surface area contributed by atoms with Gasteiger partial charge in [0.05, 0.1) is 6.54 Å². The number of hydrogen-bond acceptors (Lipinski definition) is 3. The van der Waals surface area contributed by atoms with Crippen LogP contribution in [0.5, 0.6) is 5.75 Å². The lowest BCUT2D eigenvalue weighted by molar-refractivity contribution is 0.0693. The molecular formula is C20H21NO3. The van der Waals surface area contributed by atoms with Gasteiger partial charge in [0.2, 0.25) is 0 Å². The molecule has 0 atom stereocenters. The molecule has 0 saturated carbocycles.